The summed E-state index contributed by atoms with van der Waals surface area (Å²) in [6.07, 6.45) is 6.34. The van der Waals surface area contributed by atoms with Crippen LogP contribution in [0.2, 0.25) is 5.02 Å². The maximum absolute atomic E-state index is 13.5. The van der Waals surface area contributed by atoms with Crippen LogP contribution in [0.1, 0.15) is 69.7 Å². The zero-order chi connectivity index (χ0) is 35.1. The van der Waals surface area contributed by atoms with E-state index in [4.69, 9.17) is 42.4 Å². The normalized spacial score (nSPS) is 17.6. The van der Waals surface area contributed by atoms with Crippen LogP contribution in [0.3, 0.4) is 0 Å². The molecule has 2 heterocycles. The van der Waals surface area contributed by atoms with Crippen LogP contribution in [-0.4, -0.2) is 58.6 Å². The highest BCUT2D eigenvalue weighted by atomic mass is 35.5. The number of aromatic nitrogens is 1. The van der Waals surface area contributed by atoms with Gasteiger partial charge in [0.1, 0.15) is 35.5 Å². The van der Waals surface area contributed by atoms with E-state index in [1.807, 2.05) is 49.9 Å². The number of carbonyl (C=O) groups is 1. The number of anilines is 1. The minimum absolute atomic E-state index is 0.0802. The van der Waals surface area contributed by atoms with Gasteiger partial charge < -0.3 is 35.5 Å². The number of hydrogen-bond acceptors (Lipinski definition) is 8. The molecule has 2 aliphatic rings. The molecule has 0 spiro atoms. The van der Waals surface area contributed by atoms with Crippen LogP contribution >= 0.6 is 11.6 Å². The number of rotatable bonds is 10. The summed E-state index contributed by atoms with van der Waals surface area (Å²) in [7, 11) is 0. The van der Waals surface area contributed by atoms with Gasteiger partial charge in [-0.3, -0.25) is 20.7 Å². The number of nitrogens with one attached hydrogen (secondary N) is 6. The average molecular weight is 689 g/mol. The van der Waals surface area contributed by atoms with Gasteiger partial charge in [0.2, 0.25) is 5.96 Å². The van der Waals surface area contributed by atoms with Gasteiger partial charge in [0, 0.05) is 42.0 Å². The van der Waals surface area contributed by atoms with Crippen molar-refractivity contribution in [2.45, 2.75) is 58.6 Å². The van der Waals surface area contributed by atoms with Crippen molar-refractivity contribution in [3.05, 3.63) is 94.3 Å². The molecule has 5 rings (SSSR count). The number of carbonyl (C=O) groups excluding carboxylic acids is 1. The number of aliphatic hydroxyl groups is 1. The minimum Gasteiger partial charge on any atom is -0.490 e. The van der Waals surface area contributed by atoms with E-state index in [9.17, 15) is 4.79 Å². The third-order valence-electron chi connectivity index (χ3n) is 8.48. The summed E-state index contributed by atoms with van der Waals surface area (Å²) in [5, 5.41) is 44.3. The van der Waals surface area contributed by atoms with E-state index in [2.05, 4.69) is 16.0 Å². The van der Waals surface area contributed by atoms with Crippen LogP contribution in [0, 0.1) is 21.6 Å². The molecule has 2 aromatic carbocycles. The third-order valence-corrected chi connectivity index (χ3v) is 8.79. The highest BCUT2D eigenvalue weighted by molar-refractivity contribution is 6.32. The molecule has 0 unspecified atom stereocenters. The Morgan fingerprint density at radius 3 is 2.51 bits per heavy atom. The number of likely N-dealkylation sites (tertiary alicyclic amines) is 1. The number of aliphatic hydroxyl groups excluding tert-OH is 1. The minimum atomic E-state index is -0.466. The van der Waals surface area contributed by atoms with Gasteiger partial charge in [-0.1, -0.05) is 56.6 Å². The lowest BCUT2D eigenvalue weighted by atomic mass is 9.85. The first-order valence-electron chi connectivity index (χ1n) is 16.5. The average Bonchev–Trinajstić information content (AvgIpc) is 3.61. The maximum Gasteiger partial charge on any atom is 0.320 e. The Labute approximate surface area is 291 Å². The molecule has 12 nitrogen and oxygen atoms in total. The molecule has 7 N–H and O–H groups in total. The standard InChI is InChI=1S/C36H45ClN8O4/c1-36(2,3)31(38)21-33(41-23-10-12-27(37)30(20-23)48-19-18-46)43-35(47)42-28-13-14-29(26-9-5-4-8-25(26)28)49-24-11-15-32(39)45(22-24)34(40)44-16-6-7-17-44/h4-5,8-12,15,20-22,28-29,38-41,46H,6-7,13-14,16-19H2,1-3H3,(H2,42,43,47)/b33-21+,38-31?,39-32?,40-34?/t28-,29+/m0/s1. The van der Waals surface area contributed by atoms with Crippen molar-refractivity contribution in [2.24, 2.45) is 5.41 Å². The maximum atomic E-state index is 13.5. The van der Waals surface area contributed by atoms with Crippen molar-refractivity contribution in [3.8, 4) is 11.5 Å². The van der Waals surface area contributed by atoms with Crippen LogP contribution in [-0.2, 0) is 0 Å². The van der Waals surface area contributed by atoms with Gasteiger partial charge in [-0.05, 0) is 61.1 Å². The molecule has 0 radical (unpaired) electrons. The number of pyridine rings is 1. The number of allylic oxidation sites excluding steroid dienone is 1. The molecule has 1 fully saturated rings. The molecule has 0 bridgehead atoms. The van der Waals surface area contributed by atoms with E-state index < -0.39 is 11.4 Å². The largest absolute Gasteiger partial charge is 0.490 e. The number of benzene rings is 2. The van der Waals surface area contributed by atoms with Gasteiger partial charge in [-0.2, -0.15) is 0 Å². The summed E-state index contributed by atoms with van der Waals surface area (Å²) in [5.74, 6) is 1.52. The van der Waals surface area contributed by atoms with Gasteiger partial charge in [0.05, 0.1) is 23.9 Å². The second kappa shape index (κ2) is 15.6. The molecule has 2 atom stereocenters. The van der Waals surface area contributed by atoms with Crippen molar-refractivity contribution in [2.75, 3.05) is 31.6 Å². The summed E-state index contributed by atoms with van der Waals surface area (Å²) in [4.78, 5) is 15.5. The van der Waals surface area contributed by atoms with Crippen molar-refractivity contribution >= 4 is 35.0 Å². The molecule has 1 aromatic heterocycles. The molecular formula is C36H45ClN8O4. The summed E-state index contributed by atoms with van der Waals surface area (Å²) in [6.45, 7) is 7.29. The Bertz CT molecular complexity index is 1780. The fourth-order valence-corrected chi connectivity index (χ4v) is 5.95. The quantitative estimate of drug-likeness (QED) is 0.0995. The number of hydrogen-bond donors (Lipinski definition) is 7. The highest BCUT2D eigenvalue weighted by Crippen LogP contribution is 2.38. The molecule has 3 aromatic rings. The van der Waals surface area contributed by atoms with E-state index in [1.54, 1.807) is 47.2 Å². The van der Waals surface area contributed by atoms with Crippen molar-refractivity contribution < 1.29 is 19.4 Å². The number of amides is 2. The molecule has 1 saturated heterocycles. The van der Waals surface area contributed by atoms with Gasteiger partial charge in [0.15, 0.2) is 0 Å². The van der Waals surface area contributed by atoms with E-state index in [1.165, 1.54) is 0 Å². The lowest BCUT2D eigenvalue weighted by Crippen LogP contribution is -2.41. The van der Waals surface area contributed by atoms with E-state index in [0.29, 0.717) is 46.6 Å². The lowest BCUT2D eigenvalue weighted by Gasteiger charge is -2.32. The first kappa shape index (κ1) is 35.5. The van der Waals surface area contributed by atoms with E-state index in [0.717, 1.165) is 37.1 Å². The molecule has 0 saturated carbocycles. The summed E-state index contributed by atoms with van der Waals surface area (Å²) in [6, 6.07) is 15.6. The predicted molar refractivity (Wildman–Crippen MR) is 191 cm³/mol. The fourth-order valence-electron chi connectivity index (χ4n) is 5.78. The first-order chi connectivity index (χ1) is 23.4. The Hall–Kier alpha value is -4.81. The topological polar surface area (TPSA) is 172 Å². The monoisotopic (exact) mass is 688 g/mol. The predicted octanol–water partition coefficient (Wildman–Crippen LogP) is 6.14. The van der Waals surface area contributed by atoms with Crippen molar-refractivity contribution in [1.82, 2.24) is 20.1 Å². The molecule has 1 aliphatic heterocycles. The Balaban J connectivity index is 1.31. The van der Waals surface area contributed by atoms with Gasteiger partial charge in [-0.25, -0.2) is 4.79 Å². The summed E-state index contributed by atoms with van der Waals surface area (Å²) >= 11 is 6.26. The van der Waals surface area contributed by atoms with Gasteiger partial charge >= 0.3 is 6.03 Å². The number of fused-ring (bicyclic) bond motifs is 1. The fraction of sp³-hybridized carbons (Fsp3) is 0.389. The smallest absolute Gasteiger partial charge is 0.320 e. The van der Waals surface area contributed by atoms with Crippen LogP contribution < -0.4 is 30.9 Å². The van der Waals surface area contributed by atoms with Crippen LogP contribution in [0.25, 0.3) is 0 Å². The SMILES string of the molecule is CC(C)(C)C(=N)/C=C(/NC(=O)N[C@H]1CC[C@@H](Oc2ccc(=N)n(C(=N)N3CCCC3)c2)c2ccccc21)Nc1ccc(Cl)c(OCCO)c1. The highest BCUT2D eigenvalue weighted by Gasteiger charge is 2.30. The zero-order valence-corrected chi connectivity index (χ0v) is 28.9. The van der Waals surface area contributed by atoms with Crippen molar-refractivity contribution in [3.63, 3.8) is 0 Å². The number of ether oxygens (including phenoxy) is 2. The summed E-state index contributed by atoms with van der Waals surface area (Å²) < 4.78 is 13.6. The second-order valence-corrected chi connectivity index (χ2v) is 13.6. The van der Waals surface area contributed by atoms with Crippen LogP contribution in [0.15, 0.2) is 72.7 Å². The van der Waals surface area contributed by atoms with E-state index in [-0.39, 0.29) is 36.8 Å². The number of urea groups is 1. The number of halogens is 1. The Kier molecular flexibility index (Phi) is 11.3. The van der Waals surface area contributed by atoms with Crippen LogP contribution in [0.4, 0.5) is 10.5 Å². The molecule has 49 heavy (non-hydrogen) atoms. The first-order valence-corrected chi connectivity index (χ1v) is 16.9. The Morgan fingerprint density at radius 2 is 1.80 bits per heavy atom. The molecule has 2 amide bonds. The molecule has 1 aliphatic carbocycles. The molecule has 13 heteroatoms. The Morgan fingerprint density at radius 1 is 1.06 bits per heavy atom. The number of nitrogens with zero attached hydrogens (tertiary/aromatic N) is 2. The summed E-state index contributed by atoms with van der Waals surface area (Å²) in [5.41, 5.74) is 2.52. The van der Waals surface area contributed by atoms with Gasteiger partial charge in [0.25, 0.3) is 0 Å². The van der Waals surface area contributed by atoms with E-state index >= 15 is 0 Å². The lowest BCUT2D eigenvalue weighted by molar-refractivity contribution is 0.170. The van der Waals surface area contributed by atoms with Crippen molar-refractivity contribution in [1.29, 1.82) is 16.2 Å². The van der Waals surface area contributed by atoms with Crippen LogP contribution in [0.5, 0.6) is 11.5 Å². The van der Waals surface area contributed by atoms with Gasteiger partial charge in [-0.15, -0.1) is 0 Å². The third kappa shape index (κ3) is 9.01. The zero-order valence-electron chi connectivity index (χ0n) is 28.1. The second-order valence-electron chi connectivity index (χ2n) is 13.2. The molecule has 260 valence electrons. The molecular weight excluding hydrogens is 644 g/mol.